The van der Waals surface area contributed by atoms with Crippen LogP contribution in [-0.4, -0.2) is 17.0 Å². The van der Waals surface area contributed by atoms with Crippen molar-refractivity contribution in [2.24, 2.45) is 4.99 Å². The number of aliphatic imine (C=N–C) groups is 1. The van der Waals surface area contributed by atoms with Crippen LogP contribution in [0, 0.1) is 0 Å². The van der Waals surface area contributed by atoms with Gasteiger partial charge in [-0.25, -0.2) is 9.78 Å². The molecule has 0 aliphatic rings. The number of aromatic nitrogens is 1. The molecule has 1 amide bonds. The average Bonchev–Trinajstić information content (AvgIpc) is 2.71. The molecule has 0 aliphatic heterocycles. The summed E-state index contributed by atoms with van der Waals surface area (Å²) >= 11 is 1.36. The molecule has 1 aromatic heterocycles. The summed E-state index contributed by atoms with van der Waals surface area (Å²) < 4.78 is 0.873. The highest BCUT2D eigenvalue weighted by atomic mass is 32.1. The summed E-state index contributed by atoms with van der Waals surface area (Å²) in [4.78, 5) is 29.4. The fourth-order valence-electron chi connectivity index (χ4n) is 1.50. The number of amides is 1. The third-order valence-electron chi connectivity index (χ3n) is 2.27. The molecule has 18 heavy (non-hydrogen) atoms. The fraction of sp³-hybridized carbons (Fsp3) is 0.250. The monoisotopic (exact) mass is 261 g/mol. The van der Waals surface area contributed by atoms with Gasteiger partial charge in [0.25, 0.3) is 0 Å². The number of rotatable bonds is 4. The van der Waals surface area contributed by atoms with Gasteiger partial charge in [0.05, 0.1) is 15.9 Å². The van der Waals surface area contributed by atoms with Gasteiger partial charge in [0.15, 0.2) is 5.13 Å². The first kappa shape index (κ1) is 12.4. The highest BCUT2D eigenvalue weighted by Gasteiger charge is 2.07. The van der Waals surface area contributed by atoms with E-state index in [-0.39, 0.29) is 5.91 Å². The number of thiazole rings is 1. The first-order valence-corrected chi connectivity index (χ1v) is 6.33. The molecule has 0 saturated heterocycles. The van der Waals surface area contributed by atoms with Gasteiger partial charge in [-0.3, -0.25) is 4.79 Å². The van der Waals surface area contributed by atoms with E-state index in [1.165, 1.54) is 17.4 Å². The Labute approximate surface area is 108 Å². The van der Waals surface area contributed by atoms with Crippen LogP contribution in [0.5, 0.6) is 0 Å². The van der Waals surface area contributed by atoms with Gasteiger partial charge in [-0.1, -0.05) is 18.3 Å². The minimum Gasteiger partial charge on any atom is -0.302 e. The number of isocyanates is 1. The number of carbonyl (C=O) groups excluding carboxylic acids is 2. The molecule has 0 bridgehead atoms. The van der Waals surface area contributed by atoms with E-state index >= 15 is 0 Å². The molecule has 0 aliphatic carbocycles. The molecule has 0 fully saturated rings. The zero-order chi connectivity index (χ0) is 13.0. The van der Waals surface area contributed by atoms with Crippen LogP contribution < -0.4 is 5.32 Å². The molecule has 6 heteroatoms. The van der Waals surface area contributed by atoms with Crippen LogP contribution in [0.3, 0.4) is 0 Å². The second-order valence-corrected chi connectivity index (χ2v) is 4.70. The molecule has 1 N–H and O–H groups in total. The van der Waals surface area contributed by atoms with Gasteiger partial charge in [0, 0.05) is 6.42 Å². The molecule has 0 radical (unpaired) electrons. The molecule has 0 unspecified atom stereocenters. The van der Waals surface area contributed by atoms with Crippen molar-refractivity contribution >= 4 is 44.4 Å². The standard InChI is InChI=1S/C12H11N3O2S/c1-2-3-11(17)15-12-14-9-5-4-8(13-7-16)6-10(9)18-12/h4-6H,2-3H2,1H3,(H,14,15,17). The Kier molecular flexibility index (Phi) is 3.82. The zero-order valence-corrected chi connectivity index (χ0v) is 10.6. The van der Waals surface area contributed by atoms with E-state index < -0.39 is 0 Å². The molecule has 1 aromatic carbocycles. The van der Waals surface area contributed by atoms with Crippen LogP contribution in [0.4, 0.5) is 10.8 Å². The van der Waals surface area contributed by atoms with Gasteiger partial charge < -0.3 is 5.32 Å². The third kappa shape index (κ3) is 2.80. The fourth-order valence-corrected chi connectivity index (χ4v) is 2.41. The number of nitrogens with one attached hydrogen (secondary N) is 1. The Morgan fingerprint density at radius 3 is 3.11 bits per heavy atom. The van der Waals surface area contributed by atoms with Gasteiger partial charge in [-0.05, 0) is 24.6 Å². The highest BCUT2D eigenvalue weighted by Crippen LogP contribution is 2.29. The zero-order valence-electron chi connectivity index (χ0n) is 9.77. The van der Waals surface area contributed by atoms with E-state index in [9.17, 15) is 9.59 Å². The molecular formula is C12H11N3O2S. The number of carbonyl (C=O) groups is 1. The number of hydrogen-bond acceptors (Lipinski definition) is 5. The normalized spacial score (nSPS) is 10.1. The lowest BCUT2D eigenvalue weighted by molar-refractivity contribution is -0.116. The van der Waals surface area contributed by atoms with Crippen molar-refractivity contribution in [3.8, 4) is 0 Å². The van der Waals surface area contributed by atoms with E-state index in [1.54, 1.807) is 18.2 Å². The summed E-state index contributed by atoms with van der Waals surface area (Å²) in [6.07, 6.45) is 2.78. The lowest BCUT2D eigenvalue weighted by Crippen LogP contribution is -2.09. The maximum atomic E-state index is 11.4. The Hall–Kier alpha value is -2.04. The lowest BCUT2D eigenvalue weighted by Gasteiger charge is -1.97. The van der Waals surface area contributed by atoms with Crippen molar-refractivity contribution in [3.05, 3.63) is 18.2 Å². The van der Waals surface area contributed by atoms with Gasteiger partial charge in [0.1, 0.15) is 0 Å². The largest absolute Gasteiger partial charge is 0.302 e. The second-order valence-electron chi connectivity index (χ2n) is 3.67. The molecule has 0 atom stereocenters. The molecular weight excluding hydrogens is 250 g/mol. The van der Waals surface area contributed by atoms with Crippen molar-refractivity contribution < 1.29 is 9.59 Å². The van der Waals surface area contributed by atoms with Crippen molar-refractivity contribution in [1.82, 2.24) is 4.98 Å². The summed E-state index contributed by atoms with van der Waals surface area (Å²) in [6.45, 7) is 1.95. The minimum atomic E-state index is -0.0392. The molecule has 92 valence electrons. The van der Waals surface area contributed by atoms with Crippen LogP contribution >= 0.6 is 11.3 Å². The third-order valence-corrected chi connectivity index (χ3v) is 3.20. The summed E-state index contributed by atoms with van der Waals surface area (Å²) in [5.74, 6) is -0.0392. The summed E-state index contributed by atoms with van der Waals surface area (Å²) in [5, 5.41) is 3.31. The summed E-state index contributed by atoms with van der Waals surface area (Å²) in [6, 6.07) is 5.19. The van der Waals surface area contributed by atoms with Crippen LogP contribution in [0.15, 0.2) is 23.2 Å². The summed E-state index contributed by atoms with van der Waals surface area (Å²) in [7, 11) is 0. The van der Waals surface area contributed by atoms with Gasteiger partial charge in [-0.15, -0.1) is 0 Å². The van der Waals surface area contributed by atoms with E-state index in [0.717, 1.165) is 16.6 Å². The Bertz CT molecular complexity index is 629. The van der Waals surface area contributed by atoms with Crippen LogP contribution in [0.1, 0.15) is 19.8 Å². The predicted octanol–water partition coefficient (Wildman–Crippen LogP) is 3.00. The topological polar surface area (TPSA) is 71.4 Å². The van der Waals surface area contributed by atoms with Crippen molar-refractivity contribution in [2.45, 2.75) is 19.8 Å². The van der Waals surface area contributed by atoms with Gasteiger partial charge in [0.2, 0.25) is 12.0 Å². The molecule has 0 saturated carbocycles. The van der Waals surface area contributed by atoms with Crippen molar-refractivity contribution in [1.29, 1.82) is 0 Å². The highest BCUT2D eigenvalue weighted by molar-refractivity contribution is 7.22. The SMILES string of the molecule is CCCC(=O)Nc1nc2ccc(N=C=O)cc2s1. The first-order valence-electron chi connectivity index (χ1n) is 5.51. The Morgan fingerprint density at radius 2 is 2.39 bits per heavy atom. The maximum Gasteiger partial charge on any atom is 0.240 e. The van der Waals surface area contributed by atoms with Crippen LogP contribution in [0.25, 0.3) is 10.2 Å². The van der Waals surface area contributed by atoms with Crippen molar-refractivity contribution in [3.63, 3.8) is 0 Å². The van der Waals surface area contributed by atoms with Crippen LogP contribution in [-0.2, 0) is 9.59 Å². The van der Waals surface area contributed by atoms with E-state index in [2.05, 4.69) is 15.3 Å². The molecule has 2 rings (SSSR count). The van der Waals surface area contributed by atoms with Gasteiger partial charge in [-0.2, -0.15) is 4.99 Å². The smallest absolute Gasteiger partial charge is 0.240 e. The first-order chi connectivity index (χ1) is 8.72. The minimum absolute atomic E-state index is 0.0392. The van der Waals surface area contributed by atoms with Crippen LogP contribution in [0.2, 0.25) is 0 Å². The Balaban J connectivity index is 2.26. The maximum absolute atomic E-state index is 11.4. The average molecular weight is 261 g/mol. The van der Waals surface area contributed by atoms with E-state index in [4.69, 9.17) is 0 Å². The van der Waals surface area contributed by atoms with E-state index in [0.29, 0.717) is 17.2 Å². The molecule has 5 nitrogen and oxygen atoms in total. The lowest BCUT2D eigenvalue weighted by atomic mass is 10.3. The van der Waals surface area contributed by atoms with Gasteiger partial charge >= 0.3 is 0 Å². The molecule has 1 heterocycles. The van der Waals surface area contributed by atoms with E-state index in [1.807, 2.05) is 6.92 Å². The number of fused-ring (bicyclic) bond motifs is 1. The Morgan fingerprint density at radius 1 is 1.56 bits per heavy atom. The molecule has 0 spiro atoms. The molecule has 2 aromatic rings. The summed E-state index contributed by atoms with van der Waals surface area (Å²) in [5.41, 5.74) is 1.31. The predicted molar refractivity (Wildman–Crippen MR) is 70.9 cm³/mol. The quantitative estimate of drug-likeness (QED) is 0.679. The number of nitrogens with zero attached hydrogens (tertiary/aromatic N) is 2. The number of hydrogen-bond donors (Lipinski definition) is 1. The van der Waals surface area contributed by atoms with Crippen molar-refractivity contribution in [2.75, 3.05) is 5.32 Å². The number of anilines is 1. The number of benzene rings is 1. The second kappa shape index (κ2) is 5.53.